The average Bonchev–Trinajstić information content (AvgIpc) is 2.86. The molecule has 0 bridgehead atoms. The van der Waals surface area contributed by atoms with Crippen molar-refractivity contribution >= 4 is 34.2 Å². The zero-order valence-corrected chi connectivity index (χ0v) is 14.2. The second-order valence-corrected chi connectivity index (χ2v) is 6.11. The molecule has 1 atom stereocenters. The lowest BCUT2D eigenvalue weighted by Gasteiger charge is -2.12. The number of hydrogen-bond acceptors (Lipinski definition) is 3. The van der Waals surface area contributed by atoms with E-state index < -0.39 is 12.0 Å². The summed E-state index contributed by atoms with van der Waals surface area (Å²) >= 11 is 6.32. The zero-order chi connectivity index (χ0) is 17.3. The number of benzene rings is 2. The van der Waals surface area contributed by atoms with E-state index in [-0.39, 0.29) is 0 Å². The van der Waals surface area contributed by atoms with Crippen molar-refractivity contribution in [1.82, 2.24) is 9.55 Å². The molecular formula is C18H18ClN3O2. The van der Waals surface area contributed by atoms with E-state index in [2.05, 4.69) is 14.9 Å². The van der Waals surface area contributed by atoms with Crippen molar-refractivity contribution in [3.63, 3.8) is 0 Å². The predicted octanol–water partition coefficient (Wildman–Crippen LogP) is 3.37. The van der Waals surface area contributed by atoms with Gasteiger partial charge in [0.2, 0.25) is 0 Å². The Labute approximate surface area is 144 Å². The van der Waals surface area contributed by atoms with Crippen molar-refractivity contribution < 1.29 is 9.90 Å². The monoisotopic (exact) mass is 343 g/mol. The number of carbonyl (C=O) groups excluding carboxylic acids is 1. The quantitative estimate of drug-likeness (QED) is 0.763. The number of aryl methyl sites for hydroxylation is 1. The molecule has 0 unspecified atom stereocenters. The first-order valence-corrected chi connectivity index (χ1v) is 8.02. The Balaban J connectivity index is 1.94. The number of halogens is 1. The van der Waals surface area contributed by atoms with Crippen LogP contribution in [-0.4, -0.2) is 26.7 Å². The summed E-state index contributed by atoms with van der Waals surface area (Å²) in [4.78, 5) is 16.2. The van der Waals surface area contributed by atoms with Crippen molar-refractivity contribution in [1.29, 1.82) is 0 Å². The molecule has 1 amide bonds. The largest absolute Gasteiger partial charge is 0.384 e. The number of para-hydroxylation sites is 2. The molecule has 3 rings (SSSR count). The topological polar surface area (TPSA) is 67.2 Å². The van der Waals surface area contributed by atoms with Gasteiger partial charge in [0.1, 0.15) is 11.9 Å². The number of imidazole rings is 1. The van der Waals surface area contributed by atoms with Gasteiger partial charge < -0.3 is 15.0 Å². The second-order valence-electron chi connectivity index (χ2n) is 5.71. The van der Waals surface area contributed by atoms with Crippen LogP contribution in [-0.2, 0) is 11.3 Å². The van der Waals surface area contributed by atoms with Crippen LogP contribution >= 0.6 is 11.6 Å². The third-order valence-corrected chi connectivity index (χ3v) is 4.24. The second kappa shape index (κ2) is 6.63. The summed E-state index contributed by atoms with van der Waals surface area (Å²) in [5, 5.41) is 12.6. The summed E-state index contributed by atoms with van der Waals surface area (Å²) in [6, 6.07) is 13.2. The standard InChI is InChI=1S/C18H18ClN3O2/c1-11(23)18(24)21-14-7-8-15(19)13(9-14)10-22-12(2)20-16-5-3-4-6-17(16)22/h3-9,11,23H,10H2,1-2H3,(H,21,24)/t11-/m1/s1. The highest BCUT2D eigenvalue weighted by Crippen LogP contribution is 2.24. The van der Waals surface area contributed by atoms with Gasteiger partial charge in [-0.15, -0.1) is 0 Å². The maximum Gasteiger partial charge on any atom is 0.252 e. The number of hydrogen-bond donors (Lipinski definition) is 2. The molecule has 0 aliphatic heterocycles. The van der Waals surface area contributed by atoms with Gasteiger partial charge in [0.25, 0.3) is 5.91 Å². The van der Waals surface area contributed by atoms with Crippen LogP contribution in [0.15, 0.2) is 42.5 Å². The molecule has 3 aromatic rings. The first-order chi connectivity index (χ1) is 11.5. The van der Waals surface area contributed by atoms with Crippen molar-refractivity contribution in [2.45, 2.75) is 26.5 Å². The summed E-state index contributed by atoms with van der Waals surface area (Å²) in [5.74, 6) is 0.443. The number of anilines is 1. The van der Waals surface area contributed by atoms with E-state index in [1.54, 1.807) is 12.1 Å². The molecule has 0 spiro atoms. The Morgan fingerprint density at radius 2 is 2.08 bits per heavy atom. The highest BCUT2D eigenvalue weighted by molar-refractivity contribution is 6.31. The molecule has 2 N–H and O–H groups in total. The number of rotatable bonds is 4. The Morgan fingerprint density at radius 1 is 1.33 bits per heavy atom. The SMILES string of the molecule is Cc1nc2ccccc2n1Cc1cc(NC(=O)[C@@H](C)O)ccc1Cl. The molecule has 0 aliphatic carbocycles. The number of amides is 1. The van der Waals surface area contributed by atoms with Crippen molar-refractivity contribution in [3.05, 3.63) is 58.9 Å². The third-order valence-electron chi connectivity index (χ3n) is 3.87. The van der Waals surface area contributed by atoms with Crippen LogP contribution in [0.25, 0.3) is 11.0 Å². The van der Waals surface area contributed by atoms with E-state index in [0.29, 0.717) is 17.3 Å². The first-order valence-electron chi connectivity index (χ1n) is 7.65. The minimum absolute atomic E-state index is 0.451. The lowest BCUT2D eigenvalue weighted by Crippen LogP contribution is -2.24. The molecule has 1 heterocycles. The van der Waals surface area contributed by atoms with Gasteiger partial charge in [0, 0.05) is 10.7 Å². The maximum atomic E-state index is 11.6. The number of nitrogens with one attached hydrogen (secondary N) is 1. The fraction of sp³-hybridized carbons (Fsp3) is 0.222. The number of fused-ring (bicyclic) bond motifs is 1. The van der Waals surface area contributed by atoms with Crippen molar-refractivity contribution in [2.24, 2.45) is 0 Å². The van der Waals surface area contributed by atoms with Crippen LogP contribution in [0, 0.1) is 6.92 Å². The smallest absolute Gasteiger partial charge is 0.252 e. The van der Waals surface area contributed by atoms with Gasteiger partial charge in [-0.1, -0.05) is 23.7 Å². The van der Waals surface area contributed by atoms with Gasteiger partial charge in [-0.05, 0) is 49.7 Å². The number of nitrogens with zero attached hydrogens (tertiary/aromatic N) is 2. The Bertz CT molecular complexity index is 902. The average molecular weight is 344 g/mol. The third kappa shape index (κ3) is 3.27. The van der Waals surface area contributed by atoms with Crippen LogP contribution in [0.5, 0.6) is 0 Å². The predicted molar refractivity (Wildman–Crippen MR) is 95.3 cm³/mol. The molecular weight excluding hydrogens is 326 g/mol. The normalized spacial score (nSPS) is 12.3. The molecule has 0 fully saturated rings. The van der Waals surface area contributed by atoms with Gasteiger partial charge in [-0.2, -0.15) is 0 Å². The number of carbonyl (C=O) groups is 1. The zero-order valence-electron chi connectivity index (χ0n) is 13.5. The molecule has 6 heteroatoms. The fourth-order valence-corrected chi connectivity index (χ4v) is 2.76. The van der Waals surface area contributed by atoms with Crippen LogP contribution in [0.1, 0.15) is 18.3 Å². The molecule has 5 nitrogen and oxygen atoms in total. The van der Waals surface area contributed by atoms with Gasteiger partial charge in [0.15, 0.2) is 0 Å². The van der Waals surface area contributed by atoms with Crippen LogP contribution in [0.2, 0.25) is 5.02 Å². The van der Waals surface area contributed by atoms with Crippen LogP contribution in [0.4, 0.5) is 5.69 Å². The van der Waals surface area contributed by atoms with E-state index in [9.17, 15) is 9.90 Å². The van der Waals surface area contributed by atoms with E-state index in [1.165, 1.54) is 6.92 Å². The molecule has 0 saturated carbocycles. The molecule has 0 radical (unpaired) electrons. The first kappa shape index (κ1) is 16.5. The number of aliphatic hydroxyl groups is 1. The summed E-state index contributed by atoms with van der Waals surface area (Å²) in [6.07, 6.45) is -1.07. The molecule has 0 aliphatic rings. The highest BCUT2D eigenvalue weighted by atomic mass is 35.5. The summed E-state index contributed by atoms with van der Waals surface area (Å²) in [7, 11) is 0. The number of aliphatic hydroxyl groups excluding tert-OH is 1. The van der Waals surface area contributed by atoms with Crippen LogP contribution < -0.4 is 5.32 Å². The Kier molecular flexibility index (Phi) is 4.55. The van der Waals surface area contributed by atoms with E-state index in [1.807, 2.05) is 37.3 Å². The molecule has 2 aromatic carbocycles. The van der Waals surface area contributed by atoms with Gasteiger partial charge in [-0.25, -0.2) is 4.98 Å². The molecule has 0 saturated heterocycles. The Morgan fingerprint density at radius 3 is 2.83 bits per heavy atom. The Hall–Kier alpha value is -2.37. The highest BCUT2D eigenvalue weighted by Gasteiger charge is 2.12. The van der Waals surface area contributed by atoms with E-state index in [4.69, 9.17) is 11.6 Å². The summed E-state index contributed by atoms with van der Waals surface area (Å²) < 4.78 is 2.08. The summed E-state index contributed by atoms with van der Waals surface area (Å²) in [6.45, 7) is 3.92. The number of aromatic nitrogens is 2. The van der Waals surface area contributed by atoms with E-state index in [0.717, 1.165) is 22.4 Å². The van der Waals surface area contributed by atoms with Gasteiger partial charge >= 0.3 is 0 Å². The van der Waals surface area contributed by atoms with E-state index >= 15 is 0 Å². The lowest BCUT2D eigenvalue weighted by atomic mass is 10.2. The van der Waals surface area contributed by atoms with Gasteiger partial charge in [0.05, 0.1) is 17.6 Å². The summed E-state index contributed by atoms with van der Waals surface area (Å²) in [5.41, 5.74) is 3.43. The van der Waals surface area contributed by atoms with Gasteiger partial charge in [-0.3, -0.25) is 4.79 Å². The fourth-order valence-electron chi connectivity index (χ4n) is 2.59. The molecule has 24 heavy (non-hydrogen) atoms. The lowest BCUT2D eigenvalue weighted by molar-refractivity contribution is -0.123. The van der Waals surface area contributed by atoms with Crippen molar-refractivity contribution in [2.75, 3.05) is 5.32 Å². The van der Waals surface area contributed by atoms with Crippen molar-refractivity contribution in [3.8, 4) is 0 Å². The molecule has 1 aromatic heterocycles. The molecule has 124 valence electrons. The minimum Gasteiger partial charge on any atom is -0.384 e. The minimum atomic E-state index is -1.07. The van der Waals surface area contributed by atoms with Crippen LogP contribution in [0.3, 0.4) is 0 Å². The maximum absolute atomic E-state index is 11.6.